The molecule has 86 valence electrons. The van der Waals surface area contributed by atoms with E-state index < -0.39 is 0 Å². The van der Waals surface area contributed by atoms with Crippen LogP contribution in [-0.4, -0.2) is 19.8 Å². The Balaban J connectivity index is 1.91. The van der Waals surface area contributed by atoms with Crippen molar-refractivity contribution in [2.24, 2.45) is 0 Å². The van der Waals surface area contributed by atoms with Gasteiger partial charge in [0.2, 0.25) is 0 Å². The predicted octanol–water partition coefficient (Wildman–Crippen LogP) is 3.74. The SMILES string of the molecule is CCOCCCNc1cccc2ccsc12. The molecule has 0 radical (unpaired) electrons. The molecule has 0 spiro atoms. The summed E-state index contributed by atoms with van der Waals surface area (Å²) < 4.78 is 6.65. The zero-order chi connectivity index (χ0) is 11.2. The summed E-state index contributed by atoms with van der Waals surface area (Å²) in [7, 11) is 0. The van der Waals surface area contributed by atoms with E-state index in [0.717, 1.165) is 26.2 Å². The van der Waals surface area contributed by atoms with Crippen molar-refractivity contribution in [1.29, 1.82) is 0 Å². The second-order valence-electron chi connectivity index (χ2n) is 3.62. The zero-order valence-corrected chi connectivity index (χ0v) is 10.3. The summed E-state index contributed by atoms with van der Waals surface area (Å²) in [5.74, 6) is 0. The number of ether oxygens (including phenoxy) is 1. The first-order valence-corrected chi connectivity index (χ1v) is 6.57. The molecule has 1 aromatic carbocycles. The van der Waals surface area contributed by atoms with Crippen LogP contribution in [0.2, 0.25) is 0 Å². The minimum absolute atomic E-state index is 0.806. The van der Waals surface area contributed by atoms with Crippen molar-refractivity contribution in [3.63, 3.8) is 0 Å². The lowest BCUT2D eigenvalue weighted by atomic mass is 10.2. The third kappa shape index (κ3) is 2.74. The van der Waals surface area contributed by atoms with Crippen LogP contribution in [0.3, 0.4) is 0 Å². The second kappa shape index (κ2) is 5.87. The Bertz CT molecular complexity index is 438. The molecule has 3 heteroatoms. The summed E-state index contributed by atoms with van der Waals surface area (Å²) in [6.45, 7) is 4.64. The number of hydrogen-bond acceptors (Lipinski definition) is 3. The minimum atomic E-state index is 0.806. The normalized spacial score (nSPS) is 10.8. The molecular formula is C13H17NOS. The van der Waals surface area contributed by atoms with Gasteiger partial charge < -0.3 is 10.1 Å². The van der Waals surface area contributed by atoms with Gasteiger partial charge in [0, 0.05) is 19.8 Å². The highest BCUT2D eigenvalue weighted by Gasteiger charge is 2.00. The average Bonchev–Trinajstić information content (AvgIpc) is 2.77. The molecule has 0 amide bonds. The van der Waals surface area contributed by atoms with Crippen LogP contribution in [-0.2, 0) is 4.74 Å². The van der Waals surface area contributed by atoms with Gasteiger partial charge >= 0.3 is 0 Å². The Morgan fingerprint density at radius 1 is 1.31 bits per heavy atom. The molecule has 0 fully saturated rings. The minimum Gasteiger partial charge on any atom is -0.384 e. The highest BCUT2D eigenvalue weighted by Crippen LogP contribution is 2.28. The molecule has 1 heterocycles. The molecule has 0 bridgehead atoms. The standard InChI is InChI=1S/C13H17NOS/c1-2-15-9-4-8-14-12-6-3-5-11-7-10-16-13(11)12/h3,5-7,10,14H,2,4,8-9H2,1H3. The van der Waals surface area contributed by atoms with Crippen molar-refractivity contribution >= 4 is 27.1 Å². The van der Waals surface area contributed by atoms with Crippen molar-refractivity contribution in [2.75, 3.05) is 25.1 Å². The van der Waals surface area contributed by atoms with E-state index in [2.05, 4.69) is 35.0 Å². The molecule has 0 saturated heterocycles. The molecule has 0 aliphatic heterocycles. The van der Waals surface area contributed by atoms with Crippen LogP contribution in [0.4, 0.5) is 5.69 Å². The molecular weight excluding hydrogens is 218 g/mol. The van der Waals surface area contributed by atoms with E-state index in [9.17, 15) is 0 Å². The number of benzene rings is 1. The van der Waals surface area contributed by atoms with Gasteiger partial charge in [-0.2, -0.15) is 0 Å². The molecule has 2 rings (SSSR count). The van der Waals surface area contributed by atoms with E-state index in [1.165, 1.54) is 15.8 Å². The second-order valence-corrected chi connectivity index (χ2v) is 4.54. The van der Waals surface area contributed by atoms with Crippen molar-refractivity contribution in [1.82, 2.24) is 0 Å². The van der Waals surface area contributed by atoms with E-state index in [0.29, 0.717) is 0 Å². The van der Waals surface area contributed by atoms with Crippen LogP contribution in [0.1, 0.15) is 13.3 Å². The van der Waals surface area contributed by atoms with Crippen LogP contribution in [0, 0.1) is 0 Å². The first-order chi connectivity index (χ1) is 7.92. The highest BCUT2D eigenvalue weighted by atomic mass is 32.1. The molecule has 0 atom stereocenters. The fraction of sp³-hybridized carbons (Fsp3) is 0.385. The Kier molecular flexibility index (Phi) is 4.19. The molecule has 1 N–H and O–H groups in total. The first kappa shape index (κ1) is 11.4. The summed E-state index contributed by atoms with van der Waals surface area (Å²) in [5.41, 5.74) is 1.24. The number of fused-ring (bicyclic) bond motifs is 1. The van der Waals surface area contributed by atoms with Gasteiger partial charge in [-0.3, -0.25) is 0 Å². The Hall–Kier alpha value is -1.06. The lowest BCUT2D eigenvalue weighted by Crippen LogP contribution is -2.05. The lowest BCUT2D eigenvalue weighted by molar-refractivity contribution is 0.147. The predicted molar refractivity (Wildman–Crippen MR) is 71.4 cm³/mol. The first-order valence-electron chi connectivity index (χ1n) is 5.69. The number of thiophene rings is 1. The molecule has 1 aromatic heterocycles. The Morgan fingerprint density at radius 2 is 2.25 bits per heavy atom. The lowest BCUT2D eigenvalue weighted by Gasteiger charge is -2.07. The largest absolute Gasteiger partial charge is 0.384 e. The smallest absolute Gasteiger partial charge is 0.0574 e. The van der Waals surface area contributed by atoms with Crippen molar-refractivity contribution in [3.05, 3.63) is 29.6 Å². The number of anilines is 1. The van der Waals surface area contributed by atoms with Crippen LogP contribution in [0.5, 0.6) is 0 Å². The van der Waals surface area contributed by atoms with E-state index in [4.69, 9.17) is 4.74 Å². The van der Waals surface area contributed by atoms with Gasteiger partial charge in [0.15, 0.2) is 0 Å². The molecule has 0 saturated carbocycles. The molecule has 0 unspecified atom stereocenters. The quantitative estimate of drug-likeness (QED) is 0.770. The fourth-order valence-corrected chi connectivity index (χ4v) is 2.56. The van der Waals surface area contributed by atoms with E-state index in [-0.39, 0.29) is 0 Å². The van der Waals surface area contributed by atoms with Crippen molar-refractivity contribution in [3.8, 4) is 0 Å². The summed E-state index contributed by atoms with van der Waals surface area (Å²) in [5, 5.41) is 6.92. The summed E-state index contributed by atoms with van der Waals surface area (Å²) >= 11 is 1.79. The summed E-state index contributed by atoms with van der Waals surface area (Å²) in [6.07, 6.45) is 1.05. The third-order valence-corrected chi connectivity index (χ3v) is 3.43. The van der Waals surface area contributed by atoms with Gasteiger partial charge in [-0.1, -0.05) is 12.1 Å². The van der Waals surface area contributed by atoms with Crippen LogP contribution >= 0.6 is 11.3 Å². The van der Waals surface area contributed by atoms with Crippen LogP contribution in [0.25, 0.3) is 10.1 Å². The zero-order valence-electron chi connectivity index (χ0n) is 9.53. The number of rotatable bonds is 6. The van der Waals surface area contributed by atoms with E-state index in [1.54, 1.807) is 11.3 Å². The van der Waals surface area contributed by atoms with E-state index >= 15 is 0 Å². The monoisotopic (exact) mass is 235 g/mol. The molecule has 16 heavy (non-hydrogen) atoms. The topological polar surface area (TPSA) is 21.3 Å². The van der Waals surface area contributed by atoms with Gasteiger partial charge in [0.25, 0.3) is 0 Å². The number of nitrogens with one attached hydrogen (secondary N) is 1. The van der Waals surface area contributed by atoms with Gasteiger partial charge in [0.05, 0.1) is 10.4 Å². The van der Waals surface area contributed by atoms with Gasteiger partial charge in [-0.15, -0.1) is 11.3 Å². The fourth-order valence-electron chi connectivity index (χ4n) is 1.67. The maximum absolute atomic E-state index is 5.31. The Labute approximate surface area is 100 Å². The molecule has 2 nitrogen and oxygen atoms in total. The van der Waals surface area contributed by atoms with Crippen molar-refractivity contribution in [2.45, 2.75) is 13.3 Å². The summed E-state index contributed by atoms with van der Waals surface area (Å²) in [6, 6.07) is 8.54. The molecule has 2 aromatic rings. The van der Waals surface area contributed by atoms with Gasteiger partial charge in [0.1, 0.15) is 0 Å². The van der Waals surface area contributed by atoms with E-state index in [1.807, 2.05) is 6.92 Å². The van der Waals surface area contributed by atoms with Crippen LogP contribution < -0.4 is 5.32 Å². The maximum Gasteiger partial charge on any atom is 0.0574 e. The third-order valence-electron chi connectivity index (χ3n) is 2.46. The van der Waals surface area contributed by atoms with Crippen LogP contribution in [0.15, 0.2) is 29.6 Å². The average molecular weight is 235 g/mol. The molecule has 0 aliphatic carbocycles. The van der Waals surface area contributed by atoms with Crippen molar-refractivity contribution < 1.29 is 4.74 Å². The van der Waals surface area contributed by atoms with Gasteiger partial charge in [-0.25, -0.2) is 0 Å². The van der Waals surface area contributed by atoms with Gasteiger partial charge in [-0.05, 0) is 36.2 Å². The summed E-state index contributed by atoms with van der Waals surface area (Å²) in [4.78, 5) is 0. The molecule has 0 aliphatic rings. The highest BCUT2D eigenvalue weighted by molar-refractivity contribution is 7.17. The number of hydrogen-bond donors (Lipinski definition) is 1. The Morgan fingerprint density at radius 3 is 3.12 bits per heavy atom. The maximum atomic E-state index is 5.31.